The average molecular weight is 982 g/mol. The monoisotopic (exact) mass is 981 g/mol. The third-order valence-corrected chi connectivity index (χ3v) is 13.0. The number of hydrogen-bond acceptors (Lipinski definition) is 12. The number of ether oxygens (including phenoxy) is 5. The summed E-state index contributed by atoms with van der Waals surface area (Å²) in [5.74, 6) is 0.950. The van der Waals surface area contributed by atoms with Crippen LogP contribution in [0, 0.1) is 5.92 Å². The third-order valence-electron chi connectivity index (χ3n) is 13.0. The normalized spacial score (nSPS) is 17.3. The summed E-state index contributed by atoms with van der Waals surface area (Å²) in [6.45, 7) is 5.97. The third kappa shape index (κ3) is 11.2. The zero-order valence-corrected chi connectivity index (χ0v) is 41.1. The van der Waals surface area contributed by atoms with Crippen molar-refractivity contribution in [3.63, 3.8) is 0 Å². The van der Waals surface area contributed by atoms with Gasteiger partial charge in [0.1, 0.15) is 17.8 Å². The van der Waals surface area contributed by atoms with E-state index in [0.717, 1.165) is 52.8 Å². The molecule has 0 spiro atoms. The number of methoxy groups -OCH3 is 3. The number of unbranched alkanes of at least 4 members (excludes halogenated alkanes) is 2. The Bertz CT molecular complexity index is 2840. The molecule has 0 bridgehead atoms. The molecule has 376 valence electrons. The van der Waals surface area contributed by atoms with Crippen molar-refractivity contribution in [3.8, 4) is 28.7 Å². The number of amides is 5. The highest BCUT2D eigenvalue weighted by atomic mass is 16.5. The molecule has 4 N–H and O–H groups in total. The summed E-state index contributed by atoms with van der Waals surface area (Å²) in [6, 6.07) is 19.9. The first-order valence-electron chi connectivity index (χ1n) is 23.9. The molecule has 0 saturated carbocycles. The van der Waals surface area contributed by atoms with E-state index in [1.165, 1.54) is 14.0 Å². The number of carbonyl (C=O) groups excluding carboxylic acids is 4. The first kappa shape index (κ1) is 50.2. The van der Waals surface area contributed by atoms with Crippen molar-refractivity contribution < 1.29 is 52.8 Å². The quantitative estimate of drug-likeness (QED) is 0.0629. The molecule has 0 unspecified atom stereocenters. The van der Waals surface area contributed by atoms with E-state index in [-0.39, 0.29) is 36.4 Å². The highest BCUT2D eigenvalue weighted by molar-refractivity contribution is 6.06. The molecule has 0 fully saturated rings. The van der Waals surface area contributed by atoms with Crippen LogP contribution in [0.2, 0.25) is 0 Å². The molecule has 18 nitrogen and oxygen atoms in total. The molecule has 0 radical (unpaired) electrons. The van der Waals surface area contributed by atoms with Gasteiger partial charge in [-0.05, 0) is 84.2 Å². The number of nitrogens with zero attached hydrogens (tertiary/aromatic N) is 4. The van der Waals surface area contributed by atoms with Gasteiger partial charge < -0.3 is 54.5 Å². The van der Waals surface area contributed by atoms with E-state index in [2.05, 4.69) is 16.0 Å². The number of fused-ring (bicyclic) bond motifs is 4. The Morgan fingerprint density at radius 2 is 1.15 bits per heavy atom. The van der Waals surface area contributed by atoms with Crippen molar-refractivity contribution in [2.24, 2.45) is 15.9 Å². The number of benzene rings is 4. The van der Waals surface area contributed by atoms with Gasteiger partial charge in [-0.2, -0.15) is 0 Å². The zero-order valence-electron chi connectivity index (χ0n) is 41.1. The van der Waals surface area contributed by atoms with Gasteiger partial charge in [0, 0.05) is 56.3 Å². The van der Waals surface area contributed by atoms with Gasteiger partial charge in [0.2, 0.25) is 11.8 Å². The molecule has 0 saturated heterocycles. The SMILES string of the molecule is COc1ccc(C2=CN3C(=O)c4cc(OC)c(OCCCCCOc5cc6c(cc5OC)C(=O)N5C=C(c7ccc(CNC(=O)[C@H](C)NC(=O)[C@@H](NC(=O)O)C(C)C)cc7)C[C@H]5C=N6)cc4N=C[C@@H]3C2)cc1. The van der Waals surface area contributed by atoms with E-state index in [9.17, 15) is 24.0 Å². The minimum absolute atomic E-state index is 0.157. The molecule has 4 aliphatic rings. The molecule has 5 amide bonds. The van der Waals surface area contributed by atoms with Crippen LogP contribution in [0.4, 0.5) is 16.2 Å². The first-order valence-corrected chi connectivity index (χ1v) is 23.9. The lowest BCUT2D eigenvalue weighted by molar-refractivity contribution is -0.130. The molecule has 0 aliphatic carbocycles. The summed E-state index contributed by atoms with van der Waals surface area (Å²) in [5.41, 5.74) is 6.60. The molecule has 0 aromatic heterocycles. The lowest BCUT2D eigenvalue weighted by atomic mass is 10.0. The van der Waals surface area contributed by atoms with Crippen LogP contribution in [0.1, 0.15) is 90.3 Å². The molecular weight excluding hydrogens is 923 g/mol. The Hall–Kier alpha value is -8.15. The van der Waals surface area contributed by atoms with Gasteiger partial charge >= 0.3 is 6.09 Å². The largest absolute Gasteiger partial charge is 0.497 e. The summed E-state index contributed by atoms with van der Waals surface area (Å²) < 4.78 is 29.0. The standard InChI is InChI=1S/C54H59N7O11/c1-31(2)49(59-54(66)67)51(63)58-32(3)50(62)57-26-33-10-12-34(13-11-33)36-20-38-27-55-43-24-47(45(69-5)22-41(43)52(64)60(38)29-36)71-18-8-7-9-19-72-48-25-44-42(23-46(48)70-6)53(65)61-30-37(21-39(61)28-56-44)35-14-16-40(68-4)17-15-35/h10-17,22-25,27-32,38-39,49,59H,7-9,18-21,26H2,1-6H3,(H,57,62)(H,58,63)(H,66,67)/t32-,38-,39-,49-/m0/s1. The molecule has 4 aromatic rings. The van der Waals surface area contributed by atoms with E-state index in [1.54, 1.807) is 68.3 Å². The van der Waals surface area contributed by atoms with Gasteiger partial charge in [0.25, 0.3) is 11.8 Å². The molecule has 4 aromatic carbocycles. The van der Waals surface area contributed by atoms with Crippen LogP contribution in [0.15, 0.2) is 95.2 Å². The van der Waals surface area contributed by atoms with Gasteiger partial charge in [-0.1, -0.05) is 50.2 Å². The summed E-state index contributed by atoms with van der Waals surface area (Å²) >= 11 is 0. The Morgan fingerprint density at radius 1 is 0.653 bits per heavy atom. The summed E-state index contributed by atoms with van der Waals surface area (Å²) in [6.07, 6.45) is 9.46. The number of aliphatic imine (C=N–C) groups is 2. The van der Waals surface area contributed by atoms with E-state index in [4.69, 9.17) is 38.8 Å². The molecular formula is C54H59N7O11. The fraction of sp³-hybridized carbons (Fsp3) is 0.352. The average Bonchev–Trinajstić information content (AvgIpc) is 3.96. The summed E-state index contributed by atoms with van der Waals surface area (Å²) in [4.78, 5) is 77.1. The summed E-state index contributed by atoms with van der Waals surface area (Å²) in [5, 5.41) is 16.6. The summed E-state index contributed by atoms with van der Waals surface area (Å²) in [7, 11) is 4.71. The first-order chi connectivity index (χ1) is 34.7. The van der Waals surface area contributed by atoms with Crippen LogP contribution in [0.3, 0.4) is 0 Å². The predicted molar refractivity (Wildman–Crippen MR) is 271 cm³/mol. The highest BCUT2D eigenvalue weighted by Crippen LogP contribution is 2.42. The Morgan fingerprint density at radius 3 is 1.61 bits per heavy atom. The van der Waals surface area contributed by atoms with Crippen molar-refractivity contribution in [2.45, 2.75) is 83.6 Å². The fourth-order valence-electron chi connectivity index (χ4n) is 8.91. The number of nitrogens with one attached hydrogen (secondary N) is 3. The number of carbonyl (C=O) groups is 5. The lowest BCUT2D eigenvalue weighted by Gasteiger charge is -2.22. The molecule has 4 heterocycles. The van der Waals surface area contributed by atoms with E-state index in [1.807, 2.05) is 67.1 Å². The van der Waals surface area contributed by atoms with E-state index in [0.29, 0.717) is 71.6 Å². The van der Waals surface area contributed by atoms with Crippen molar-refractivity contribution in [3.05, 3.63) is 113 Å². The van der Waals surface area contributed by atoms with Gasteiger partial charge in [-0.25, -0.2) is 4.79 Å². The number of hydrogen-bond donors (Lipinski definition) is 4. The maximum absolute atomic E-state index is 14.0. The maximum Gasteiger partial charge on any atom is 0.405 e. The van der Waals surface area contributed by atoms with Crippen LogP contribution in [0.5, 0.6) is 28.7 Å². The number of carboxylic acid groups (broad SMARTS) is 1. The molecule has 18 heteroatoms. The second kappa shape index (κ2) is 22.3. The topological polar surface area (TPSA) is 219 Å². The van der Waals surface area contributed by atoms with E-state index < -0.39 is 30.0 Å². The molecule has 4 atom stereocenters. The minimum Gasteiger partial charge on any atom is -0.497 e. The van der Waals surface area contributed by atoms with Crippen molar-refractivity contribution >= 4 is 64.7 Å². The van der Waals surface area contributed by atoms with Gasteiger partial charge in [-0.3, -0.25) is 29.2 Å². The Labute approximate surface area is 417 Å². The Kier molecular flexibility index (Phi) is 15.6. The van der Waals surface area contributed by atoms with Crippen LogP contribution < -0.4 is 39.6 Å². The fourth-order valence-corrected chi connectivity index (χ4v) is 8.91. The molecule has 4 aliphatic heterocycles. The van der Waals surface area contributed by atoms with Gasteiger partial charge in [-0.15, -0.1) is 0 Å². The minimum atomic E-state index is -1.32. The number of rotatable bonds is 20. The second-order valence-corrected chi connectivity index (χ2v) is 18.2. The van der Waals surface area contributed by atoms with Crippen LogP contribution in [-0.2, 0) is 16.1 Å². The van der Waals surface area contributed by atoms with Crippen molar-refractivity contribution in [1.29, 1.82) is 0 Å². The van der Waals surface area contributed by atoms with Gasteiger partial charge in [0.15, 0.2) is 23.0 Å². The second-order valence-electron chi connectivity index (χ2n) is 18.2. The highest BCUT2D eigenvalue weighted by Gasteiger charge is 2.35. The zero-order chi connectivity index (χ0) is 51.1. The van der Waals surface area contributed by atoms with Crippen LogP contribution in [0.25, 0.3) is 11.1 Å². The van der Waals surface area contributed by atoms with Crippen LogP contribution >= 0.6 is 0 Å². The van der Waals surface area contributed by atoms with E-state index >= 15 is 0 Å². The smallest absolute Gasteiger partial charge is 0.405 e. The van der Waals surface area contributed by atoms with Crippen molar-refractivity contribution in [1.82, 2.24) is 25.8 Å². The predicted octanol–water partition coefficient (Wildman–Crippen LogP) is 7.70. The Balaban J connectivity index is 0.803. The molecule has 8 rings (SSSR count). The molecule has 72 heavy (non-hydrogen) atoms. The van der Waals surface area contributed by atoms with Crippen molar-refractivity contribution in [2.75, 3.05) is 34.5 Å². The van der Waals surface area contributed by atoms with Crippen LogP contribution in [-0.4, -0.2) is 116 Å². The lowest BCUT2D eigenvalue weighted by Crippen LogP contribution is -2.54. The maximum atomic E-state index is 14.0. The van der Waals surface area contributed by atoms with Gasteiger partial charge in [0.05, 0.1) is 69.1 Å².